The summed E-state index contributed by atoms with van der Waals surface area (Å²) in [6.45, 7) is 17.7. The Balaban J connectivity index is 0.000000168. The van der Waals surface area contributed by atoms with Crippen molar-refractivity contribution in [2.24, 2.45) is 22.7 Å². The molecule has 4 aliphatic carbocycles. The Morgan fingerprint density at radius 2 is 0.658 bits per heavy atom. The summed E-state index contributed by atoms with van der Waals surface area (Å²) in [5, 5.41) is 0. The van der Waals surface area contributed by atoms with Crippen LogP contribution >= 0.6 is 0 Å². The Morgan fingerprint density at radius 1 is 0.382 bits per heavy atom. The fourth-order valence-corrected chi connectivity index (χ4v) is 11.2. The second-order valence-electron chi connectivity index (χ2n) is 21.0. The van der Waals surface area contributed by atoms with Crippen molar-refractivity contribution >= 4 is 6.51 Å². The van der Waals surface area contributed by atoms with E-state index in [-0.39, 0.29) is 24.8 Å². The Morgan fingerprint density at radius 3 is 0.921 bits per heavy atom. The van der Waals surface area contributed by atoms with Gasteiger partial charge >= 0.3 is 198 Å². The normalized spacial score (nSPS) is 14.5. The first-order valence-electron chi connectivity index (χ1n) is 25.8. The number of hydrogen-bond acceptors (Lipinski definition) is 0. The van der Waals surface area contributed by atoms with Crippen LogP contribution in [0, 0.1) is 47.0 Å². The summed E-state index contributed by atoms with van der Waals surface area (Å²) in [5.74, 6) is 1.04. The van der Waals surface area contributed by atoms with Crippen LogP contribution in [0.5, 0.6) is 0 Å². The number of hydrogen-bond donors (Lipinski definition) is 0. The van der Waals surface area contributed by atoms with Gasteiger partial charge in [0.15, 0.2) is 0 Å². The van der Waals surface area contributed by atoms with Gasteiger partial charge in [-0.25, -0.2) is 12.2 Å². The van der Waals surface area contributed by atoms with Crippen LogP contribution in [-0.2, 0) is 60.6 Å². The second kappa shape index (κ2) is 30.1. The average molecular weight is 1360 g/mol. The third kappa shape index (κ3) is 17.9. The Bertz CT molecular complexity index is 2830. The molecule has 2 unspecified atom stereocenters. The molecule has 0 radical (unpaired) electrons. The molecule has 0 aliphatic heterocycles. The van der Waals surface area contributed by atoms with E-state index in [1.54, 1.807) is 0 Å². The van der Waals surface area contributed by atoms with E-state index in [0.717, 1.165) is 60.6 Å². The third-order valence-corrected chi connectivity index (χ3v) is 17.2. The zero-order chi connectivity index (χ0) is 52.5. The number of rotatable bonds is 4. The minimum Gasteiger partial charge on any atom is -0.179 e. The van der Waals surface area contributed by atoms with Gasteiger partial charge in [-0.15, -0.1) is 11.1 Å². The maximum atomic E-state index is 3.30. The summed E-state index contributed by atoms with van der Waals surface area (Å²) in [4.78, 5) is 0. The average Bonchev–Trinajstić information content (AvgIpc) is 4.25. The Labute approximate surface area is 498 Å². The van der Waals surface area contributed by atoms with Crippen LogP contribution in [0.25, 0.3) is 22.3 Å². The van der Waals surface area contributed by atoms with Crippen LogP contribution in [-0.4, -0.2) is 6.51 Å². The standard InChI is InChI=1S/2C13H9.2C13H10.2C10H15.2ClH.2Hf/c2*1-3-7-12-10(5-1)9-11-6-2-4-8-13(11)12;2*1-3-7-12(8-4-1)11-13-9-5-2-6-10-13;2*1-8-5-6-9(7-8)10(2,3)4;;;;/h2*1-5,7-8H,9H2;2*1-10H;2*6-8H,1-4H3;2*1H;;/q2*-1;;;2*-1;;;2*+2/p-2. The van der Waals surface area contributed by atoms with E-state index in [4.69, 9.17) is 0 Å². The van der Waals surface area contributed by atoms with Gasteiger partial charge in [0, 0.05) is 0 Å². The molecule has 0 saturated carbocycles. The number of allylic oxidation sites excluding steroid dienone is 8. The number of halogens is 2. The van der Waals surface area contributed by atoms with Crippen molar-refractivity contribution < 1.29 is 72.6 Å². The van der Waals surface area contributed by atoms with Gasteiger partial charge in [0.05, 0.1) is 0 Å². The molecule has 2 atom stereocenters. The van der Waals surface area contributed by atoms with Crippen molar-refractivity contribution in [1.82, 2.24) is 0 Å². The van der Waals surface area contributed by atoms with Gasteiger partial charge < -0.3 is 24.8 Å². The van der Waals surface area contributed by atoms with Crippen LogP contribution in [0.2, 0.25) is 0 Å². The van der Waals surface area contributed by atoms with Gasteiger partial charge in [0.25, 0.3) is 0 Å². The van der Waals surface area contributed by atoms with Crippen molar-refractivity contribution in [3.63, 3.8) is 0 Å². The minimum absolute atomic E-state index is 0. The van der Waals surface area contributed by atoms with E-state index >= 15 is 0 Å². The van der Waals surface area contributed by atoms with Gasteiger partial charge in [0.1, 0.15) is 0 Å². The van der Waals surface area contributed by atoms with E-state index in [2.05, 4.69) is 298 Å². The molecular formula is C72H68Cl2Hf2-2. The smallest absolute Gasteiger partial charge is 0.0253 e. The van der Waals surface area contributed by atoms with E-state index in [1.165, 1.54) is 84.4 Å². The molecule has 12 rings (SSSR count). The molecule has 0 aromatic heterocycles. The minimum atomic E-state index is 0. The van der Waals surface area contributed by atoms with Crippen molar-refractivity contribution in [2.75, 3.05) is 0 Å². The predicted octanol–water partition coefficient (Wildman–Crippen LogP) is 11.7. The van der Waals surface area contributed by atoms with E-state index in [9.17, 15) is 0 Å². The summed E-state index contributed by atoms with van der Waals surface area (Å²) >= 11 is 2.16. The van der Waals surface area contributed by atoms with E-state index in [0.29, 0.717) is 22.7 Å². The van der Waals surface area contributed by atoms with Gasteiger partial charge in [-0.1, -0.05) is 149 Å². The van der Waals surface area contributed by atoms with Gasteiger partial charge in [0.2, 0.25) is 0 Å². The molecule has 0 N–H and O–H groups in total. The zero-order valence-electron chi connectivity index (χ0n) is 45.3. The van der Waals surface area contributed by atoms with Crippen LogP contribution in [0.1, 0.15) is 99.9 Å². The monoisotopic (exact) mass is 1360 g/mol. The maximum Gasteiger partial charge on any atom is -0.0253 e. The third-order valence-electron chi connectivity index (χ3n) is 13.1. The summed E-state index contributed by atoms with van der Waals surface area (Å²) in [7, 11) is 0. The van der Waals surface area contributed by atoms with Crippen molar-refractivity contribution in [3.05, 3.63) is 310 Å². The van der Waals surface area contributed by atoms with Crippen LogP contribution < -0.4 is 24.8 Å². The quantitative estimate of drug-likeness (QED) is 0.122. The Hall–Kier alpha value is -5.22. The van der Waals surface area contributed by atoms with Gasteiger partial charge in [-0.2, -0.15) is 83.0 Å². The molecule has 0 bridgehead atoms. The van der Waals surface area contributed by atoms with Crippen molar-refractivity contribution in [1.29, 1.82) is 0 Å². The largest absolute Gasteiger partial charge is 0.179 e. The summed E-state index contributed by atoms with van der Waals surface area (Å²) in [6, 6.07) is 78.6. The topological polar surface area (TPSA) is 0 Å². The summed E-state index contributed by atoms with van der Waals surface area (Å²) in [6.07, 6.45) is 17.4. The van der Waals surface area contributed by atoms with Crippen molar-refractivity contribution in [3.8, 4) is 22.3 Å². The number of fused-ring (bicyclic) bond motifs is 6. The molecule has 76 heavy (non-hydrogen) atoms. The molecule has 0 fully saturated rings. The fourth-order valence-electron chi connectivity index (χ4n) is 8.85. The molecule has 8 aromatic rings. The van der Waals surface area contributed by atoms with Crippen LogP contribution in [0.4, 0.5) is 0 Å². The first kappa shape index (κ1) is 61.6. The van der Waals surface area contributed by atoms with Crippen LogP contribution in [0.15, 0.2) is 242 Å². The first-order chi connectivity index (χ1) is 35.7. The predicted molar refractivity (Wildman–Crippen MR) is 308 cm³/mol. The molecule has 0 amide bonds. The van der Waals surface area contributed by atoms with Crippen molar-refractivity contribution in [2.45, 2.75) is 68.2 Å². The second-order valence-corrected chi connectivity index (χ2v) is 24.5. The zero-order valence-corrected chi connectivity index (χ0v) is 54.0. The van der Waals surface area contributed by atoms with Gasteiger partial charge in [-0.05, 0) is 12.8 Å². The summed E-state index contributed by atoms with van der Waals surface area (Å²) in [5.41, 5.74) is 19.9. The van der Waals surface area contributed by atoms with Crippen LogP contribution in [0.3, 0.4) is 0 Å². The molecule has 380 valence electrons. The molecule has 0 spiro atoms. The molecule has 0 heterocycles. The molecule has 8 aromatic carbocycles. The fraction of sp³-hybridized carbons (Fsp3) is 0.194. The molecule has 4 aliphatic rings. The van der Waals surface area contributed by atoms with Gasteiger partial charge in [-0.3, -0.25) is 12.2 Å². The molecule has 4 heteroatoms. The first-order valence-corrected chi connectivity index (χ1v) is 29.4. The maximum absolute atomic E-state index is 3.30. The molecule has 0 saturated heterocycles. The Kier molecular flexibility index (Phi) is 24.4. The molecular weight excluding hydrogens is 1290 g/mol. The van der Waals surface area contributed by atoms with E-state index < -0.39 is 0 Å². The SMILES string of the molecule is CC1[C-]=CC(C(C)(C)C)=C1.CC1[C-]=CC(C(C)(C)C)=C1.[Cl-].[Cl-].[Hf+2]=[C](c1ccccc1)c1ccccc1.[Hf+2]=[C](c1ccccc1)c1ccccc1.[c-]1cccc2c1Cc1ccccc1-2.[c-]1cccc2c1Cc1ccccc1-2. The van der Waals surface area contributed by atoms with E-state index in [1.807, 2.05) is 12.1 Å². The summed E-state index contributed by atoms with van der Waals surface area (Å²) < 4.78 is 2.93. The molecule has 0 nitrogen and oxygen atoms in total. The number of benzene rings is 8.